The lowest BCUT2D eigenvalue weighted by Gasteiger charge is -2.12. The van der Waals surface area contributed by atoms with Gasteiger partial charge in [0.15, 0.2) is 5.78 Å². The van der Waals surface area contributed by atoms with E-state index in [4.69, 9.17) is 16.3 Å². The van der Waals surface area contributed by atoms with Gasteiger partial charge in [-0.15, -0.1) is 0 Å². The van der Waals surface area contributed by atoms with Gasteiger partial charge in [-0.25, -0.2) is 17.6 Å². The van der Waals surface area contributed by atoms with Crippen LogP contribution >= 0.6 is 27.5 Å². The highest BCUT2D eigenvalue weighted by Crippen LogP contribution is 2.35. The van der Waals surface area contributed by atoms with Crippen molar-refractivity contribution in [3.8, 4) is 5.75 Å². The van der Waals surface area contributed by atoms with Crippen LogP contribution in [0.3, 0.4) is 0 Å². The Balaban J connectivity index is 1.92. The minimum Gasteiger partial charge on any atom is -0.496 e. The molecule has 0 fully saturated rings. The van der Waals surface area contributed by atoms with E-state index in [1.807, 2.05) is 0 Å². The normalized spacial score (nSPS) is 11.7. The number of nitrogens with zero attached hydrogens (tertiary/aromatic N) is 2. The third kappa shape index (κ3) is 5.39. The third-order valence-electron chi connectivity index (χ3n) is 4.53. The molecule has 10 heteroatoms. The number of hydrogen-bond acceptors (Lipinski definition) is 3. The van der Waals surface area contributed by atoms with Crippen LogP contribution in [0.5, 0.6) is 5.75 Å². The quantitative estimate of drug-likeness (QED) is 0.176. The molecule has 3 aromatic rings. The van der Waals surface area contributed by atoms with E-state index in [1.54, 1.807) is 48.5 Å². The maximum atomic E-state index is 13.5. The van der Waals surface area contributed by atoms with Crippen LogP contribution in [-0.4, -0.2) is 22.7 Å². The lowest BCUT2D eigenvalue weighted by Crippen LogP contribution is -2.08. The van der Waals surface area contributed by atoms with Crippen LogP contribution in [0.2, 0.25) is 5.02 Å². The standard InChI is InChI=1S/C22H16BrClF4N2O2/c1-32-17-8-6-12(5-7-16(31)13-3-2-4-15(23)10-13)9-14(17)11-30-20(22(27)28)18(24)19(29-30)21(25)26/h2-10,21-22H,11H2,1H3/b7-5+. The summed E-state index contributed by atoms with van der Waals surface area (Å²) in [5, 5.41) is 2.82. The number of halogens is 6. The minimum atomic E-state index is -3.10. The summed E-state index contributed by atoms with van der Waals surface area (Å²) >= 11 is 9.02. The molecular formula is C22H16BrClF4N2O2. The Morgan fingerprint density at radius 3 is 2.56 bits per heavy atom. The van der Waals surface area contributed by atoms with Crippen molar-refractivity contribution in [3.63, 3.8) is 0 Å². The number of carbonyl (C=O) groups is 1. The van der Waals surface area contributed by atoms with E-state index < -0.39 is 29.3 Å². The van der Waals surface area contributed by atoms with Gasteiger partial charge in [0.1, 0.15) is 17.1 Å². The lowest BCUT2D eigenvalue weighted by molar-refractivity contribution is 0.104. The predicted molar refractivity (Wildman–Crippen MR) is 117 cm³/mol. The zero-order valence-electron chi connectivity index (χ0n) is 16.5. The van der Waals surface area contributed by atoms with Crippen molar-refractivity contribution in [1.29, 1.82) is 0 Å². The summed E-state index contributed by atoms with van der Waals surface area (Å²) in [5.41, 5.74) is -0.246. The van der Waals surface area contributed by atoms with Crippen LogP contribution in [0.4, 0.5) is 17.6 Å². The summed E-state index contributed by atoms with van der Waals surface area (Å²) in [6, 6.07) is 11.7. The average Bonchev–Trinajstić information content (AvgIpc) is 3.08. The fourth-order valence-corrected chi connectivity index (χ4v) is 3.74. The summed E-state index contributed by atoms with van der Waals surface area (Å²) in [6.45, 7) is -0.281. The molecule has 0 bridgehead atoms. The first-order valence-corrected chi connectivity index (χ1v) is 10.4. The van der Waals surface area contributed by atoms with Crippen molar-refractivity contribution < 1.29 is 27.1 Å². The van der Waals surface area contributed by atoms with Crippen molar-refractivity contribution in [1.82, 2.24) is 9.78 Å². The molecule has 3 rings (SSSR count). The maximum Gasteiger partial charge on any atom is 0.283 e. The number of methoxy groups -OCH3 is 1. The van der Waals surface area contributed by atoms with Crippen LogP contribution in [0.25, 0.3) is 6.08 Å². The molecule has 0 amide bonds. The van der Waals surface area contributed by atoms with Gasteiger partial charge in [0, 0.05) is 15.6 Å². The molecule has 0 aliphatic carbocycles. The Morgan fingerprint density at radius 2 is 1.94 bits per heavy atom. The summed E-state index contributed by atoms with van der Waals surface area (Å²) < 4.78 is 59.9. The molecule has 0 N–H and O–H groups in total. The molecule has 4 nitrogen and oxygen atoms in total. The predicted octanol–water partition coefficient (Wildman–Crippen LogP) is 7.13. The van der Waals surface area contributed by atoms with Crippen molar-refractivity contribution in [2.45, 2.75) is 19.4 Å². The molecule has 0 saturated heterocycles. The molecule has 0 radical (unpaired) electrons. The largest absolute Gasteiger partial charge is 0.496 e. The summed E-state index contributed by atoms with van der Waals surface area (Å²) in [7, 11) is 1.39. The number of rotatable bonds is 8. The second-order valence-electron chi connectivity index (χ2n) is 6.62. The smallest absolute Gasteiger partial charge is 0.283 e. The minimum absolute atomic E-state index is 0.232. The maximum absolute atomic E-state index is 13.5. The Bertz CT molecular complexity index is 1160. The molecule has 0 aliphatic rings. The van der Waals surface area contributed by atoms with E-state index in [0.717, 1.165) is 9.15 Å². The van der Waals surface area contributed by atoms with Crippen molar-refractivity contribution in [2.24, 2.45) is 0 Å². The fraction of sp³-hybridized carbons (Fsp3) is 0.182. The van der Waals surface area contributed by atoms with E-state index >= 15 is 0 Å². The van der Waals surface area contributed by atoms with Gasteiger partial charge in [0.2, 0.25) is 0 Å². The van der Waals surface area contributed by atoms with Crippen molar-refractivity contribution in [2.75, 3.05) is 7.11 Å². The van der Waals surface area contributed by atoms with Crippen LogP contribution in [0.15, 0.2) is 53.0 Å². The Hall–Kier alpha value is -2.65. The van der Waals surface area contributed by atoms with E-state index in [9.17, 15) is 22.4 Å². The lowest BCUT2D eigenvalue weighted by atomic mass is 10.1. The number of ether oxygens (including phenoxy) is 1. The fourth-order valence-electron chi connectivity index (χ4n) is 3.04. The van der Waals surface area contributed by atoms with Crippen LogP contribution in [0, 0.1) is 0 Å². The molecule has 0 spiro atoms. The van der Waals surface area contributed by atoms with Gasteiger partial charge >= 0.3 is 0 Å². The van der Waals surface area contributed by atoms with Gasteiger partial charge < -0.3 is 4.74 Å². The number of aromatic nitrogens is 2. The SMILES string of the molecule is COc1ccc(/C=C/C(=O)c2cccc(Br)c2)cc1Cn1nc(C(F)F)c(Cl)c1C(F)F. The van der Waals surface area contributed by atoms with Gasteiger partial charge in [-0.1, -0.05) is 51.8 Å². The molecule has 32 heavy (non-hydrogen) atoms. The van der Waals surface area contributed by atoms with E-state index in [1.165, 1.54) is 13.2 Å². The van der Waals surface area contributed by atoms with Crippen LogP contribution in [-0.2, 0) is 6.54 Å². The molecule has 0 aliphatic heterocycles. The number of benzene rings is 2. The molecule has 168 valence electrons. The number of carbonyl (C=O) groups excluding carboxylic acids is 1. The van der Waals surface area contributed by atoms with E-state index in [-0.39, 0.29) is 12.3 Å². The molecule has 2 aromatic carbocycles. The van der Waals surface area contributed by atoms with Gasteiger partial charge in [0.25, 0.3) is 12.9 Å². The van der Waals surface area contributed by atoms with Gasteiger partial charge in [0.05, 0.1) is 18.7 Å². The second kappa shape index (κ2) is 10.3. The third-order valence-corrected chi connectivity index (χ3v) is 5.41. The molecule has 0 saturated carbocycles. The van der Waals surface area contributed by atoms with Crippen LogP contribution < -0.4 is 4.74 Å². The highest BCUT2D eigenvalue weighted by atomic mass is 79.9. The number of ketones is 1. The highest BCUT2D eigenvalue weighted by Gasteiger charge is 2.28. The first-order chi connectivity index (χ1) is 15.2. The number of alkyl halides is 4. The highest BCUT2D eigenvalue weighted by molar-refractivity contribution is 9.10. The summed E-state index contributed by atoms with van der Waals surface area (Å²) in [5.74, 6) is 0.106. The number of hydrogen-bond donors (Lipinski definition) is 0. The van der Waals surface area contributed by atoms with Crippen molar-refractivity contribution >= 4 is 39.4 Å². The average molecular weight is 532 g/mol. The topological polar surface area (TPSA) is 44.1 Å². The van der Waals surface area contributed by atoms with Crippen molar-refractivity contribution in [3.05, 3.63) is 86.1 Å². The molecular weight excluding hydrogens is 516 g/mol. The van der Waals surface area contributed by atoms with E-state index in [2.05, 4.69) is 21.0 Å². The first kappa shape index (κ1) is 24.0. The molecule has 1 heterocycles. The van der Waals surface area contributed by atoms with Gasteiger partial charge in [-0.3, -0.25) is 9.48 Å². The Morgan fingerprint density at radius 1 is 1.19 bits per heavy atom. The zero-order chi connectivity index (χ0) is 23.4. The first-order valence-electron chi connectivity index (χ1n) is 9.18. The molecule has 0 atom stereocenters. The molecule has 1 aromatic heterocycles. The number of allylic oxidation sites excluding steroid dienone is 1. The molecule has 0 unspecified atom stereocenters. The summed E-state index contributed by atoms with van der Waals surface area (Å²) in [6.07, 6.45) is -3.26. The van der Waals surface area contributed by atoms with Gasteiger partial charge in [-0.05, 0) is 35.9 Å². The van der Waals surface area contributed by atoms with Gasteiger partial charge in [-0.2, -0.15) is 5.10 Å². The van der Waals surface area contributed by atoms with Crippen LogP contribution in [0.1, 0.15) is 45.7 Å². The Kier molecular flexibility index (Phi) is 7.73. The Labute approximate surface area is 194 Å². The summed E-state index contributed by atoms with van der Waals surface area (Å²) in [4.78, 5) is 12.4. The zero-order valence-corrected chi connectivity index (χ0v) is 18.9. The second-order valence-corrected chi connectivity index (χ2v) is 7.92. The monoisotopic (exact) mass is 530 g/mol. The van der Waals surface area contributed by atoms with E-state index in [0.29, 0.717) is 22.4 Å².